The molecule has 0 fully saturated rings. The van der Waals surface area contributed by atoms with Gasteiger partial charge in [-0.3, -0.25) is 0 Å². The molecule has 5 nitrogen and oxygen atoms in total. The van der Waals surface area contributed by atoms with Crippen molar-refractivity contribution in [2.24, 2.45) is 11.8 Å². The van der Waals surface area contributed by atoms with E-state index in [-0.39, 0.29) is 5.97 Å². The fourth-order valence-electron chi connectivity index (χ4n) is 2.77. The molecule has 0 radical (unpaired) electrons. The topological polar surface area (TPSA) is 54.0 Å². The van der Waals surface area contributed by atoms with Gasteiger partial charge in [-0.1, -0.05) is 26.0 Å². The summed E-state index contributed by atoms with van der Waals surface area (Å²) in [5, 5.41) is 0. The Kier molecular flexibility index (Phi) is 11.3. The van der Waals surface area contributed by atoms with Gasteiger partial charge in [0.1, 0.15) is 0 Å². The number of esters is 1. The van der Waals surface area contributed by atoms with Gasteiger partial charge in [-0.05, 0) is 49.3 Å². The highest BCUT2D eigenvalue weighted by Gasteiger charge is 2.15. The van der Waals surface area contributed by atoms with Gasteiger partial charge in [0, 0.05) is 26.2 Å². The number of allylic oxidation sites excluding steroid dienone is 1. The molecule has 0 aliphatic rings. The maximum absolute atomic E-state index is 11.5. The lowest BCUT2D eigenvalue weighted by Gasteiger charge is -2.20. The zero-order chi connectivity index (χ0) is 20.1. The molecule has 0 N–H and O–H groups in total. The summed E-state index contributed by atoms with van der Waals surface area (Å²) in [4.78, 5) is 11.5. The highest BCUT2D eigenvalue weighted by Crippen LogP contribution is 2.30. The van der Waals surface area contributed by atoms with Crippen LogP contribution in [0.25, 0.3) is 0 Å². The molecule has 1 aromatic carbocycles. The molecule has 0 saturated carbocycles. The fraction of sp³-hybridized carbons (Fsp3) is 0.591. The summed E-state index contributed by atoms with van der Waals surface area (Å²) in [6, 6.07) is 6.08. The van der Waals surface area contributed by atoms with Crippen LogP contribution in [0, 0.1) is 11.8 Å². The summed E-state index contributed by atoms with van der Waals surface area (Å²) in [5.74, 6) is 2.13. The maximum Gasteiger partial charge on any atom is 0.330 e. The van der Waals surface area contributed by atoms with Crippen molar-refractivity contribution in [3.05, 3.63) is 35.9 Å². The van der Waals surface area contributed by atoms with Gasteiger partial charge in [0.05, 0.1) is 20.3 Å². The monoisotopic (exact) mass is 378 g/mol. The van der Waals surface area contributed by atoms with Crippen LogP contribution in [0.4, 0.5) is 0 Å². The zero-order valence-electron chi connectivity index (χ0n) is 17.3. The lowest BCUT2D eigenvalue weighted by atomic mass is 9.86. The van der Waals surface area contributed by atoms with Crippen molar-refractivity contribution in [3.63, 3.8) is 0 Å². The van der Waals surface area contributed by atoms with Gasteiger partial charge in [-0.15, -0.1) is 0 Å². The average molecular weight is 379 g/mol. The number of carbonyl (C=O) groups excluding carboxylic acids is 1. The summed E-state index contributed by atoms with van der Waals surface area (Å²) in [5.41, 5.74) is 1.20. The second-order valence-corrected chi connectivity index (χ2v) is 6.78. The van der Waals surface area contributed by atoms with E-state index in [1.54, 1.807) is 21.1 Å². The van der Waals surface area contributed by atoms with Gasteiger partial charge in [0.25, 0.3) is 0 Å². The number of carbonyl (C=O) groups is 1. The van der Waals surface area contributed by atoms with E-state index < -0.39 is 0 Å². The molecule has 0 aromatic heterocycles. The molecule has 5 heteroatoms. The Bertz CT molecular complexity index is 580. The minimum absolute atomic E-state index is 0.281. The number of benzene rings is 1. The van der Waals surface area contributed by atoms with Gasteiger partial charge in [0.15, 0.2) is 11.5 Å². The lowest BCUT2D eigenvalue weighted by Crippen LogP contribution is -2.12. The second-order valence-electron chi connectivity index (χ2n) is 6.78. The number of methoxy groups -OCH3 is 2. The minimum atomic E-state index is -0.281. The van der Waals surface area contributed by atoms with Gasteiger partial charge in [0.2, 0.25) is 0 Å². The molecule has 152 valence electrons. The van der Waals surface area contributed by atoms with Gasteiger partial charge in [-0.25, -0.2) is 4.79 Å². The van der Waals surface area contributed by atoms with Gasteiger partial charge >= 0.3 is 5.97 Å². The molecular formula is C22H34O5. The SMILES string of the molecule is CCOC(=O)C=CCC(Cc1ccc(OC)c(OCCCOC)c1)C(C)C. The summed E-state index contributed by atoms with van der Waals surface area (Å²) < 4.78 is 21.3. The Balaban J connectivity index is 2.75. The van der Waals surface area contributed by atoms with Crippen LogP contribution in [0.3, 0.4) is 0 Å². The van der Waals surface area contributed by atoms with E-state index in [1.807, 2.05) is 12.1 Å². The van der Waals surface area contributed by atoms with Gasteiger partial charge in [-0.2, -0.15) is 0 Å². The van der Waals surface area contributed by atoms with Crippen LogP contribution in [-0.4, -0.2) is 40.0 Å². The molecule has 0 amide bonds. The first-order valence-corrected chi connectivity index (χ1v) is 9.63. The summed E-state index contributed by atoms with van der Waals surface area (Å²) in [7, 11) is 3.33. The number of hydrogen-bond donors (Lipinski definition) is 0. The van der Waals surface area contributed by atoms with Crippen LogP contribution in [0.1, 0.15) is 39.2 Å². The van der Waals surface area contributed by atoms with Crippen LogP contribution in [0.2, 0.25) is 0 Å². The lowest BCUT2D eigenvalue weighted by molar-refractivity contribution is -0.137. The largest absolute Gasteiger partial charge is 0.493 e. The van der Waals surface area contributed by atoms with Crippen molar-refractivity contribution in [2.75, 3.05) is 34.0 Å². The van der Waals surface area contributed by atoms with E-state index in [4.69, 9.17) is 18.9 Å². The first-order valence-electron chi connectivity index (χ1n) is 9.63. The van der Waals surface area contributed by atoms with Gasteiger partial charge < -0.3 is 18.9 Å². The number of hydrogen-bond acceptors (Lipinski definition) is 5. The minimum Gasteiger partial charge on any atom is -0.493 e. The quantitative estimate of drug-likeness (QED) is 0.289. The molecule has 1 rings (SSSR count). The first kappa shape index (κ1) is 23.0. The Morgan fingerprint density at radius 3 is 2.56 bits per heavy atom. The molecule has 1 unspecified atom stereocenters. The zero-order valence-corrected chi connectivity index (χ0v) is 17.3. The third-order valence-corrected chi connectivity index (χ3v) is 4.40. The predicted octanol–water partition coefficient (Wildman–Crippen LogP) is 4.43. The Labute approximate surface area is 163 Å². The number of rotatable bonds is 13. The van der Waals surface area contributed by atoms with Crippen LogP contribution in [0.15, 0.2) is 30.4 Å². The van der Waals surface area contributed by atoms with Crippen LogP contribution >= 0.6 is 0 Å². The fourth-order valence-corrected chi connectivity index (χ4v) is 2.77. The summed E-state index contributed by atoms with van der Waals surface area (Å²) in [6.45, 7) is 7.87. The number of ether oxygens (including phenoxy) is 4. The molecule has 0 bridgehead atoms. The Morgan fingerprint density at radius 1 is 1.15 bits per heavy atom. The molecule has 0 heterocycles. The van der Waals surface area contributed by atoms with E-state index in [1.165, 1.54) is 11.6 Å². The Hall–Kier alpha value is -2.01. The molecule has 1 atom stereocenters. The van der Waals surface area contributed by atoms with Crippen molar-refractivity contribution >= 4 is 5.97 Å². The first-order chi connectivity index (χ1) is 13.0. The Morgan fingerprint density at radius 2 is 1.93 bits per heavy atom. The van der Waals surface area contributed by atoms with E-state index in [9.17, 15) is 4.79 Å². The van der Waals surface area contributed by atoms with Crippen molar-refractivity contribution in [1.29, 1.82) is 0 Å². The van der Waals surface area contributed by atoms with Crippen LogP contribution < -0.4 is 9.47 Å². The van der Waals surface area contributed by atoms with Crippen LogP contribution in [-0.2, 0) is 20.7 Å². The van der Waals surface area contributed by atoms with E-state index in [0.717, 1.165) is 30.8 Å². The molecule has 0 aliphatic heterocycles. The van der Waals surface area contributed by atoms with Crippen molar-refractivity contribution < 1.29 is 23.7 Å². The third kappa shape index (κ3) is 8.96. The molecule has 27 heavy (non-hydrogen) atoms. The molecule has 1 aromatic rings. The van der Waals surface area contributed by atoms with E-state index in [0.29, 0.717) is 31.7 Å². The normalized spacial score (nSPS) is 12.4. The molecule has 0 saturated heterocycles. The maximum atomic E-state index is 11.5. The molecule has 0 spiro atoms. The second kappa shape index (κ2) is 13.2. The summed E-state index contributed by atoms with van der Waals surface area (Å²) in [6.07, 6.45) is 6.00. The van der Waals surface area contributed by atoms with E-state index in [2.05, 4.69) is 26.0 Å². The standard InChI is InChI=1S/C22H34O5/c1-6-26-22(23)10-7-9-19(17(2)3)15-18-11-12-20(25-5)21(16-18)27-14-8-13-24-4/h7,10-12,16-17,19H,6,8-9,13-15H2,1-5H3. The molecule has 0 aliphatic carbocycles. The van der Waals surface area contributed by atoms with Crippen molar-refractivity contribution in [1.82, 2.24) is 0 Å². The molecular weight excluding hydrogens is 344 g/mol. The smallest absolute Gasteiger partial charge is 0.330 e. The van der Waals surface area contributed by atoms with Crippen molar-refractivity contribution in [2.45, 2.75) is 40.0 Å². The highest BCUT2D eigenvalue weighted by atomic mass is 16.5. The predicted molar refractivity (Wildman–Crippen MR) is 107 cm³/mol. The third-order valence-electron chi connectivity index (χ3n) is 4.40. The summed E-state index contributed by atoms with van der Waals surface area (Å²) >= 11 is 0. The van der Waals surface area contributed by atoms with Crippen LogP contribution in [0.5, 0.6) is 11.5 Å². The van der Waals surface area contributed by atoms with E-state index >= 15 is 0 Å². The average Bonchev–Trinajstić information content (AvgIpc) is 2.64. The van der Waals surface area contributed by atoms with Crippen molar-refractivity contribution in [3.8, 4) is 11.5 Å². The highest BCUT2D eigenvalue weighted by molar-refractivity contribution is 5.81.